The van der Waals surface area contributed by atoms with E-state index in [1.54, 1.807) is 49.0 Å². The van der Waals surface area contributed by atoms with Crippen molar-refractivity contribution < 1.29 is 31.8 Å². The second kappa shape index (κ2) is 8.52. The molecular formula is C27H20F5N7O2. The molecule has 3 aromatic heterocycles. The molecule has 1 N–H and O–H groups in total. The predicted octanol–water partition coefficient (Wildman–Crippen LogP) is 5.50. The Bertz CT molecular complexity index is 1820. The molecule has 41 heavy (non-hydrogen) atoms. The van der Waals surface area contributed by atoms with Gasteiger partial charge in [-0.25, -0.2) is 15.0 Å². The third kappa shape index (κ3) is 3.88. The minimum absolute atomic E-state index is 0.0939. The summed E-state index contributed by atoms with van der Waals surface area (Å²) < 4.78 is 76.9. The zero-order chi connectivity index (χ0) is 28.8. The summed E-state index contributed by atoms with van der Waals surface area (Å²) in [7, 11) is 0. The summed E-state index contributed by atoms with van der Waals surface area (Å²) in [5, 5.41) is 17.5. The third-order valence-electron chi connectivity index (χ3n) is 7.42. The van der Waals surface area contributed by atoms with E-state index in [0.29, 0.717) is 28.0 Å². The first kappa shape index (κ1) is 25.5. The fraction of sp³-hybridized carbons (Fsp3) is 0.296. The van der Waals surface area contributed by atoms with E-state index < -0.39 is 36.3 Å². The summed E-state index contributed by atoms with van der Waals surface area (Å²) in [6.45, 7) is -0.0121. The van der Waals surface area contributed by atoms with Gasteiger partial charge in [0.1, 0.15) is 17.2 Å². The Morgan fingerprint density at radius 2 is 1.73 bits per heavy atom. The monoisotopic (exact) mass is 569 g/mol. The van der Waals surface area contributed by atoms with Crippen molar-refractivity contribution in [2.75, 3.05) is 0 Å². The van der Waals surface area contributed by atoms with Crippen LogP contribution in [0.25, 0.3) is 33.5 Å². The predicted molar refractivity (Wildman–Crippen MR) is 134 cm³/mol. The van der Waals surface area contributed by atoms with Crippen LogP contribution in [0.1, 0.15) is 55.4 Å². The molecule has 5 aromatic rings. The van der Waals surface area contributed by atoms with E-state index in [2.05, 4.69) is 25.1 Å². The number of aliphatic hydroxyl groups is 1. The molecule has 0 amide bonds. The van der Waals surface area contributed by atoms with E-state index in [0.717, 1.165) is 4.57 Å². The van der Waals surface area contributed by atoms with Crippen LogP contribution in [0.3, 0.4) is 0 Å². The van der Waals surface area contributed by atoms with E-state index in [9.17, 15) is 27.1 Å². The minimum Gasteiger partial charge on any atom is -0.434 e. The van der Waals surface area contributed by atoms with E-state index in [-0.39, 0.29) is 34.9 Å². The third-order valence-corrected chi connectivity index (χ3v) is 7.42. The van der Waals surface area contributed by atoms with Crippen LogP contribution in [-0.4, -0.2) is 46.0 Å². The Kier molecular flexibility index (Phi) is 5.30. The number of aromatic nitrogens is 7. The fourth-order valence-electron chi connectivity index (χ4n) is 5.78. The Hall–Kier alpha value is -4.46. The van der Waals surface area contributed by atoms with Gasteiger partial charge in [0.15, 0.2) is 11.6 Å². The summed E-state index contributed by atoms with van der Waals surface area (Å²) in [5.41, 5.74) is 1.69. The van der Waals surface area contributed by atoms with Gasteiger partial charge in [-0.05, 0) is 37.6 Å². The Morgan fingerprint density at radius 3 is 2.41 bits per heavy atom. The lowest BCUT2D eigenvalue weighted by molar-refractivity contribution is -0.147. The van der Waals surface area contributed by atoms with Gasteiger partial charge in [-0.1, -0.05) is 18.2 Å². The SMILES string of the molecule is CC(C)(O)c1ncc(-c2ccc3nc4n(c3c2)[C@@H]2C[C@H]4n3c(nnc3C(F)(F)F)-c3cccc(OC(F)F)c32)cn1. The molecule has 0 spiro atoms. The molecule has 210 valence electrons. The van der Waals surface area contributed by atoms with Crippen LogP contribution in [0.2, 0.25) is 0 Å². The number of ether oxygens (including phenoxy) is 1. The smallest absolute Gasteiger partial charge is 0.434 e. The lowest BCUT2D eigenvalue weighted by atomic mass is 9.97. The molecule has 2 bridgehead atoms. The lowest BCUT2D eigenvalue weighted by Crippen LogP contribution is -2.20. The second-order valence-electron chi connectivity index (χ2n) is 10.5. The highest BCUT2D eigenvalue weighted by Crippen LogP contribution is 2.53. The minimum atomic E-state index is -4.82. The van der Waals surface area contributed by atoms with Gasteiger partial charge in [-0.3, -0.25) is 4.57 Å². The van der Waals surface area contributed by atoms with Crippen LogP contribution in [-0.2, 0) is 11.8 Å². The molecule has 0 aliphatic carbocycles. The quantitative estimate of drug-likeness (QED) is 0.285. The average molecular weight is 569 g/mol. The van der Waals surface area contributed by atoms with Crippen molar-refractivity contribution in [3.63, 3.8) is 0 Å². The number of fused-ring (bicyclic) bond motifs is 6. The second-order valence-corrected chi connectivity index (χ2v) is 10.5. The molecule has 2 atom stereocenters. The Morgan fingerprint density at radius 1 is 0.976 bits per heavy atom. The maximum atomic E-state index is 14.1. The number of halogens is 5. The summed E-state index contributed by atoms with van der Waals surface area (Å²) in [4.78, 5) is 13.2. The summed E-state index contributed by atoms with van der Waals surface area (Å²) >= 11 is 0. The highest BCUT2D eigenvalue weighted by atomic mass is 19.4. The molecule has 0 saturated heterocycles. The number of hydrogen-bond acceptors (Lipinski definition) is 7. The molecule has 7 rings (SSSR count). The van der Waals surface area contributed by atoms with Gasteiger partial charge in [-0.15, -0.1) is 10.2 Å². The normalized spacial score (nSPS) is 17.9. The van der Waals surface area contributed by atoms with E-state index in [4.69, 9.17) is 4.74 Å². The Balaban J connectivity index is 1.47. The van der Waals surface area contributed by atoms with Crippen molar-refractivity contribution in [1.82, 2.24) is 34.3 Å². The van der Waals surface area contributed by atoms with Gasteiger partial charge in [-0.2, -0.15) is 22.0 Å². The van der Waals surface area contributed by atoms with Crippen LogP contribution in [0.15, 0.2) is 48.8 Å². The number of hydrogen-bond donors (Lipinski definition) is 1. The molecular weight excluding hydrogens is 549 g/mol. The number of rotatable bonds is 4. The Labute approximate surface area is 228 Å². The summed E-state index contributed by atoms with van der Waals surface area (Å²) in [6.07, 6.45) is -1.59. The molecule has 14 heteroatoms. The maximum absolute atomic E-state index is 14.1. The molecule has 0 unspecified atom stereocenters. The molecule has 2 aromatic carbocycles. The van der Waals surface area contributed by atoms with E-state index in [1.807, 2.05) is 0 Å². The fourth-order valence-corrected chi connectivity index (χ4v) is 5.78. The van der Waals surface area contributed by atoms with Gasteiger partial charge in [0.25, 0.3) is 0 Å². The van der Waals surface area contributed by atoms with Crippen molar-refractivity contribution in [1.29, 1.82) is 0 Å². The number of benzene rings is 2. The number of imidazole rings is 1. The van der Waals surface area contributed by atoms with Crippen LogP contribution >= 0.6 is 0 Å². The van der Waals surface area contributed by atoms with Gasteiger partial charge >= 0.3 is 12.8 Å². The molecule has 2 aliphatic heterocycles. The number of alkyl halides is 5. The van der Waals surface area contributed by atoms with Crippen LogP contribution < -0.4 is 4.74 Å². The largest absolute Gasteiger partial charge is 0.451 e. The maximum Gasteiger partial charge on any atom is 0.451 e. The van der Waals surface area contributed by atoms with Crippen molar-refractivity contribution in [2.45, 2.75) is 50.7 Å². The standard InChI is InChI=1S/C27H20F5N7O2/c1-26(2,40)23-33-10-13(11-34-23)12-6-7-15-16(8-12)38-17-9-18(22(38)35-15)39-21(36-37-24(39)27(30,31)32)14-4-3-5-19(20(14)17)41-25(28)29/h3-8,10-11,17-18,25,40H,9H2,1-2H3/t17-,18-/m1/s1. The first-order valence-corrected chi connectivity index (χ1v) is 12.6. The number of nitrogens with zero attached hydrogens (tertiary/aromatic N) is 7. The summed E-state index contributed by atoms with van der Waals surface area (Å²) in [5.74, 6) is -0.893. The lowest BCUT2D eigenvalue weighted by Gasteiger charge is -2.21. The van der Waals surface area contributed by atoms with Crippen LogP contribution in [0.5, 0.6) is 5.75 Å². The van der Waals surface area contributed by atoms with Gasteiger partial charge < -0.3 is 14.4 Å². The van der Waals surface area contributed by atoms with Gasteiger partial charge in [0.05, 0.1) is 23.1 Å². The molecule has 0 radical (unpaired) electrons. The zero-order valence-corrected chi connectivity index (χ0v) is 21.4. The van der Waals surface area contributed by atoms with E-state index in [1.165, 1.54) is 18.2 Å². The highest BCUT2D eigenvalue weighted by molar-refractivity contribution is 5.84. The molecule has 5 heterocycles. The molecule has 0 fully saturated rings. The van der Waals surface area contributed by atoms with Crippen molar-refractivity contribution in [3.05, 3.63) is 71.8 Å². The first-order valence-electron chi connectivity index (χ1n) is 12.6. The zero-order valence-electron chi connectivity index (χ0n) is 21.4. The van der Waals surface area contributed by atoms with Gasteiger partial charge in [0, 0.05) is 35.5 Å². The van der Waals surface area contributed by atoms with Crippen LogP contribution in [0, 0.1) is 0 Å². The molecule has 0 saturated carbocycles. The van der Waals surface area contributed by atoms with Gasteiger partial charge in [0.2, 0.25) is 5.82 Å². The molecule has 9 nitrogen and oxygen atoms in total. The first-order chi connectivity index (χ1) is 19.4. The van der Waals surface area contributed by atoms with Crippen LogP contribution in [0.4, 0.5) is 22.0 Å². The topological polar surface area (TPSA) is 104 Å². The molecule has 2 aliphatic rings. The van der Waals surface area contributed by atoms with Crippen molar-refractivity contribution >= 4 is 11.0 Å². The van der Waals surface area contributed by atoms with Crippen molar-refractivity contribution in [2.24, 2.45) is 0 Å². The highest BCUT2D eigenvalue weighted by Gasteiger charge is 2.48. The van der Waals surface area contributed by atoms with E-state index >= 15 is 0 Å². The summed E-state index contributed by atoms with van der Waals surface area (Å²) in [6, 6.07) is 8.04. The average Bonchev–Trinajstić information content (AvgIpc) is 3.57. The van der Waals surface area contributed by atoms with Crippen molar-refractivity contribution in [3.8, 4) is 28.3 Å².